The van der Waals surface area contributed by atoms with Crippen molar-refractivity contribution in [1.82, 2.24) is 0 Å². The number of hydrogen-bond acceptors (Lipinski definition) is 7. The Morgan fingerprint density at radius 1 is 0.443 bits per heavy atom. The molecule has 0 fully saturated rings. The largest absolute Gasteiger partial charge is 0.472 e. The minimum atomic E-state index is -4.39. The van der Waals surface area contributed by atoms with Crippen LogP contribution in [0.4, 0.5) is 0 Å². The number of phosphoric ester groups is 1. The van der Waals surface area contributed by atoms with Gasteiger partial charge >= 0.3 is 19.8 Å². The number of esters is 2. The minimum Gasteiger partial charge on any atom is -0.462 e. The van der Waals surface area contributed by atoms with Gasteiger partial charge in [0, 0.05) is 12.8 Å². The summed E-state index contributed by atoms with van der Waals surface area (Å²) in [7, 11) is 1.48. The van der Waals surface area contributed by atoms with Gasteiger partial charge in [-0.25, -0.2) is 4.57 Å². The third kappa shape index (κ3) is 55.3. The number of allylic oxidation sites excluding steroid dienone is 8. The Balaban J connectivity index is 4.17. The van der Waals surface area contributed by atoms with E-state index < -0.39 is 26.5 Å². The summed E-state index contributed by atoms with van der Waals surface area (Å²) in [4.78, 5) is 35.7. The number of likely N-dealkylation sites (N-methyl/N-ethyl adjacent to an activating group) is 1. The van der Waals surface area contributed by atoms with Gasteiger partial charge in [-0.3, -0.25) is 18.6 Å². The van der Waals surface area contributed by atoms with Gasteiger partial charge < -0.3 is 18.9 Å². The normalized spacial score (nSPS) is 13.6. The fourth-order valence-electron chi connectivity index (χ4n) is 8.25. The zero-order chi connectivity index (χ0) is 51.3. The van der Waals surface area contributed by atoms with E-state index in [9.17, 15) is 19.0 Å². The van der Waals surface area contributed by atoms with Crippen LogP contribution in [0.15, 0.2) is 48.6 Å². The first-order valence-electron chi connectivity index (χ1n) is 29.4. The molecule has 0 saturated heterocycles. The molecule has 0 spiro atoms. The molecule has 1 N–H and O–H groups in total. The predicted octanol–water partition coefficient (Wildman–Crippen LogP) is 18.1. The number of rotatable bonds is 54. The van der Waals surface area contributed by atoms with Gasteiger partial charge in [0.15, 0.2) is 6.10 Å². The number of nitrogens with zero attached hydrogens (tertiary/aromatic N) is 1. The van der Waals surface area contributed by atoms with Crippen LogP contribution in [0.1, 0.15) is 271 Å². The summed E-state index contributed by atoms with van der Waals surface area (Å²) in [5, 5.41) is 0. The predicted molar refractivity (Wildman–Crippen MR) is 298 cm³/mol. The van der Waals surface area contributed by atoms with Gasteiger partial charge in [-0.1, -0.05) is 229 Å². The van der Waals surface area contributed by atoms with Gasteiger partial charge in [0.25, 0.3) is 0 Å². The molecule has 0 aliphatic rings. The molecule has 0 aromatic carbocycles. The van der Waals surface area contributed by atoms with Crippen molar-refractivity contribution in [2.24, 2.45) is 0 Å². The van der Waals surface area contributed by atoms with E-state index in [1.807, 2.05) is 21.1 Å². The fourth-order valence-corrected chi connectivity index (χ4v) is 9.00. The molecule has 0 radical (unpaired) electrons. The molecule has 2 atom stereocenters. The second-order valence-electron chi connectivity index (χ2n) is 21.0. The molecular weight excluding hydrogens is 894 g/mol. The van der Waals surface area contributed by atoms with Crippen molar-refractivity contribution < 1.29 is 42.1 Å². The summed E-state index contributed by atoms with van der Waals surface area (Å²) < 4.78 is 34.6. The van der Waals surface area contributed by atoms with Crippen LogP contribution in [-0.4, -0.2) is 74.9 Å². The molecular formula is C60H113NO8P+. The SMILES string of the molecule is CCCCCCC/C=C\C/C=C\C/C=C\CCCCCCCCCCCCC(=O)OC(COC(=O)CCCCCCCCCCC/C=C\CCCCCCCCCC)COP(=O)(O)OCC[N+](C)(C)C. The van der Waals surface area contributed by atoms with Crippen molar-refractivity contribution in [3.05, 3.63) is 48.6 Å². The minimum absolute atomic E-state index is 0.0302. The van der Waals surface area contributed by atoms with Crippen molar-refractivity contribution in [3.8, 4) is 0 Å². The van der Waals surface area contributed by atoms with Crippen molar-refractivity contribution in [3.63, 3.8) is 0 Å². The molecule has 0 aromatic rings. The maximum atomic E-state index is 12.8. The van der Waals surface area contributed by atoms with Gasteiger partial charge in [-0.15, -0.1) is 0 Å². The van der Waals surface area contributed by atoms with Crippen molar-refractivity contribution in [2.75, 3.05) is 47.5 Å². The number of hydrogen-bond donors (Lipinski definition) is 1. The van der Waals surface area contributed by atoms with Crippen LogP contribution < -0.4 is 0 Å². The van der Waals surface area contributed by atoms with E-state index in [4.69, 9.17) is 18.5 Å². The second kappa shape index (κ2) is 51.9. The summed E-state index contributed by atoms with van der Waals surface area (Å²) in [6.07, 6.45) is 64.6. The highest BCUT2D eigenvalue weighted by atomic mass is 31.2. The average Bonchev–Trinajstić information content (AvgIpc) is 3.32. The quantitative estimate of drug-likeness (QED) is 0.0211. The highest BCUT2D eigenvalue weighted by Crippen LogP contribution is 2.43. The van der Waals surface area contributed by atoms with Crippen LogP contribution in [0.5, 0.6) is 0 Å². The number of quaternary nitrogens is 1. The molecule has 0 aromatic heterocycles. The van der Waals surface area contributed by atoms with Crippen LogP contribution in [0.2, 0.25) is 0 Å². The monoisotopic (exact) mass is 1010 g/mol. The van der Waals surface area contributed by atoms with Crippen LogP contribution >= 0.6 is 7.82 Å². The highest BCUT2D eigenvalue weighted by molar-refractivity contribution is 7.47. The molecule has 2 unspecified atom stereocenters. The number of ether oxygens (including phenoxy) is 2. The molecule has 0 heterocycles. The van der Waals surface area contributed by atoms with Gasteiger partial charge in [-0.2, -0.15) is 0 Å². The summed E-state index contributed by atoms with van der Waals surface area (Å²) in [5.41, 5.74) is 0. The average molecular weight is 1010 g/mol. The Hall–Kier alpha value is -2.03. The van der Waals surface area contributed by atoms with Crippen LogP contribution in [0.3, 0.4) is 0 Å². The lowest BCUT2D eigenvalue weighted by molar-refractivity contribution is -0.870. The van der Waals surface area contributed by atoms with Crippen LogP contribution in [0, 0.1) is 0 Å². The third-order valence-corrected chi connectivity index (χ3v) is 13.8. The van der Waals surface area contributed by atoms with E-state index in [-0.39, 0.29) is 32.0 Å². The number of carbonyl (C=O) groups is 2. The van der Waals surface area contributed by atoms with Crippen LogP contribution in [0.25, 0.3) is 0 Å². The summed E-state index contributed by atoms with van der Waals surface area (Å²) in [6.45, 7) is 4.44. The molecule has 0 saturated carbocycles. The molecule has 0 aliphatic heterocycles. The molecule has 0 bridgehead atoms. The molecule has 10 heteroatoms. The van der Waals surface area contributed by atoms with Gasteiger partial charge in [0.05, 0.1) is 27.7 Å². The Labute approximate surface area is 433 Å². The number of carbonyl (C=O) groups excluding carboxylic acids is 2. The van der Waals surface area contributed by atoms with Crippen LogP contribution in [-0.2, 0) is 32.7 Å². The lowest BCUT2D eigenvalue weighted by Gasteiger charge is -2.24. The highest BCUT2D eigenvalue weighted by Gasteiger charge is 2.27. The second-order valence-corrected chi connectivity index (χ2v) is 22.5. The Morgan fingerprint density at radius 3 is 1.16 bits per heavy atom. The lowest BCUT2D eigenvalue weighted by atomic mass is 10.0. The number of phosphoric acid groups is 1. The molecule has 0 aliphatic carbocycles. The summed E-state index contributed by atoms with van der Waals surface area (Å²) >= 11 is 0. The maximum absolute atomic E-state index is 12.8. The van der Waals surface area contributed by atoms with E-state index in [0.29, 0.717) is 17.4 Å². The van der Waals surface area contributed by atoms with Gasteiger partial charge in [-0.05, 0) is 77.0 Å². The van der Waals surface area contributed by atoms with Gasteiger partial charge in [0.2, 0.25) is 0 Å². The first kappa shape index (κ1) is 68.0. The van der Waals surface area contributed by atoms with E-state index >= 15 is 0 Å². The maximum Gasteiger partial charge on any atom is 0.472 e. The van der Waals surface area contributed by atoms with Crippen molar-refractivity contribution in [1.29, 1.82) is 0 Å². The van der Waals surface area contributed by atoms with E-state index in [1.165, 1.54) is 186 Å². The topological polar surface area (TPSA) is 108 Å². The molecule has 0 rings (SSSR count). The van der Waals surface area contributed by atoms with Crippen molar-refractivity contribution >= 4 is 19.8 Å². The zero-order valence-corrected chi connectivity index (χ0v) is 47.4. The Kier molecular flexibility index (Phi) is 50.4. The van der Waals surface area contributed by atoms with Gasteiger partial charge in [0.1, 0.15) is 19.8 Å². The first-order valence-corrected chi connectivity index (χ1v) is 30.9. The number of unbranched alkanes of at least 4 members (excludes halogenated alkanes) is 32. The summed E-state index contributed by atoms with van der Waals surface area (Å²) in [5.74, 6) is -0.796. The molecule has 410 valence electrons. The molecule has 9 nitrogen and oxygen atoms in total. The fraction of sp³-hybridized carbons (Fsp3) is 0.833. The standard InChI is InChI=1S/C60H112NO8P/c1-6-8-10-12-14-16-18-20-22-24-26-28-29-30-31-33-35-37-39-41-43-45-47-49-51-53-60(63)69-58(57-68-70(64,65)67-55-54-61(3,4)5)56-66-59(62)52-50-48-46-44-42-40-38-36-34-32-27-25-23-21-19-17-15-13-11-9-7-2/h18,20,24-27,29-30,58H,6-17,19,21-23,28,31-57H2,1-5H3/p+1/b20-18-,26-24-,27-25-,30-29-. The first-order chi connectivity index (χ1) is 34.0. The third-order valence-electron chi connectivity index (χ3n) is 12.8. The molecule has 70 heavy (non-hydrogen) atoms. The smallest absolute Gasteiger partial charge is 0.462 e. The zero-order valence-electron chi connectivity index (χ0n) is 46.5. The Bertz CT molecular complexity index is 1320. The van der Waals surface area contributed by atoms with E-state index in [2.05, 4.69) is 62.5 Å². The molecule has 0 amide bonds. The lowest BCUT2D eigenvalue weighted by Crippen LogP contribution is -2.37. The van der Waals surface area contributed by atoms with Crippen molar-refractivity contribution in [2.45, 2.75) is 277 Å². The Morgan fingerprint density at radius 2 is 0.771 bits per heavy atom. The summed E-state index contributed by atoms with van der Waals surface area (Å²) in [6, 6.07) is 0. The van der Waals surface area contributed by atoms with E-state index in [0.717, 1.165) is 51.4 Å². The van der Waals surface area contributed by atoms with E-state index in [1.54, 1.807) is 0 Å².